The first-order valence-corrected chi connectivity index (χ1v) is 5.36. The molecule has 0 aliphatic heterocycles. The van der Waals surface area contributed by atoms with Crippen molar-refractivity contribution in [3.8, 4) is 6.01 Å². The van der Waals surface area contributed by atoms with Crippen molar-refractivity contribution in [1.82, 2.24) is 19.7 Å². The number of aryl methyl sites for hydroxylation is 1. The molecule has 0 saturated heterocycles. The van der Waals surface area contributed by atoms with Gasteiger partial charge in [-0.05, 0) is 6.07 Å². The predicted octanol–water partition coefficient (Wildman–Crippen LogP) is 1.48. The van der Waals surface area contributed by atoms with E-state index in [1.165, 1.54) is 13.3 Å². The van der Waals surface area contributed by atoms with Crippen molar-refractivity contribution in [3.63, 3.8) is 0 Å². The topological polar surface area (TPSA) is 64.9 Å². The van der Waals surface area contributed by atoms with Crippen LogP contribution in [0.1, 0.15) is 5.69 Å². The number of hydrogen-bond donors (Lipinski definition) is 1. The molecular formula is C10H12ClN5O. The Hall–Kier alpha value is -1.82. The third-order valence-corrected chi connectivity index (χ3v) is 2.39. The van der Waals surface area contributed by atoms with Gasteiger partial charge in [-0.25, -0.2) is 4.98 Å². The second-order valence-corrected chi connectivity index (χ2v) is 3.79. The number of nitrogens with zero attached hydrogens (tertiary/aromatic N) is 4. The van der Waals surface area contributed by atoms with Crippen LogP contribution in [0, 0.1) is 0 Å². The number of nitrogens with one attached hydrogen (secondary N) is 1. The summed E-state index contributed by atoms with van der Waals surface area (Å²) in [4.78, 5) is 7.99. The second kappa shape index (κ2) is 5.01. The number of anilines is 1. The standard InChI is InChI=1S/C10H12ClN5O/c1-16-4-3-7(15-16)5-12-9-8(11)6-13-10(14-9)17-2/h3-4,6H,5H2,1-2H3,(H,12,13,14). The average molecular weight is 254 g/mol. The van der Waals surface area contributed by atoms with Crippen LogP contribution in [-0.4, -0.2) is 26.9 Å². The summed E-state index contributed by atoms with van der Waals surface area (Å²) in [6.07, 6.45) is 3.37. The molecule has 17 heavy (non-hydrogen) atoms. The average Bonchev–Trinajstić information content (AvgIpc) is 2.74. The van der Waals surface area contributed by atoms with Gasteiger partial charge in [0.05, 0.1) is 25.5 Å². The molecule has 0 amide bonds. The van der Waals surface area contributed by atoms with E-state index in [1.807, 2.05) is 19.3 Å². The lowest BCUT2D eigenvalue weighted by Gasteiger charge is -2.06. The summed E-state index contributed by atoms with van der Waals surface area (Å²) in [5, 5.41) is 7.76. The zero-order valence-electron chi connectivity index (χ0n) is 9.51. The molecule has 6 nitrogen and oxygen atoms in total. The Bertz CT molecular complexity index is 513. The van der Waals surface area contributed by atoms with Gasteiger partial charge in [0.25, 0.3) is 0 Å². The van der Waals surface area contributed by atoms with Crippen LogP contribution in [0.25, 0.3) is 0 Å². The first-order chi connectivity index (χ1) is 8.19. The van der Waals surface area contributed by atoms with E-state index in [-0.39, 0.29) is 6.01 Å². The molecule has 0 atom stereocenters. The summed E-state index contributed by atoms with van der Waals surface area (Å²) < 4.78 is 6.66. The van der Waals surface area contributed by atoms with E-state index in [0.29, 0.717) is 17.4 Å². The van der Waals surface area contributed by atoms with Gasteiger partial charge in [-0.15, -0.1) is 0 Å². The molecule has 2 heterocycles. The van der Waals surface area contributed by atoms with E-state index in [9.17, 15) is 0 Å². The summed E-state index contributed by atoms with van der Waals surface area (Å²) in [5.41, 5.74) is 0.904. The summed E-state index contributed by atoms with van der Waals surface area (Å²) in [5.74, 6) is 0.532. The molecule has 0 fully saturated rings. The molecule has 0 radical (unpaired) electrons. The Balaban J connectivity index is 2.07. The van der Waals surface area contributed by atoms with Crippen molar-refractivity contribution >= 4 is 17.4 Å². The molecule has 2 aromatic rings. The van der Waals surface area contributed by atoms with E-state index in [2.05, 4.69) is 20.4 Å². The van der Waals surface area contributed by atoms with Crippen molar-refractivity contribution in [1.29, 1.82) is 0 Å². The van der Waals surface area contributed by atoms with Crippen molar-refractivity contribution in [2.24, 2.45) is 7.05 Å². The molecule has 0 unspecified atom stereocenters. The van der Waals surface area contributed by atoms with Crippen LogP contribution in [0.15, 0.2) is 18.5 Å². The van der Waals surface area contributed by atoms with Gasteiger partial charge >= 0.3 is 6.01 Å². The van der Waals surface area contributed by atoms with Crippen LogP contribution >= 0.6 is 11.6 Å². The number of ether oxygens (including phenoxy) is 1. The highest BCUT2D eigenvalue weighted by Crippen LogP contribution is 2.20. The van der Waals surface area contributed by atoms with Gasteiger partial charge in [-0.2, -0.15) is 10.1 Å². The largest absolute Gasteiger partial charge is 0.467 e. The lowest BCUT2D eigenvalue weighted by Crippen LogP contribution is -2.05. The van der Waals surface area contributed by atoms with E-state index < -0.39 is 0 Å². The lowest BCUT2D eigenvalue weighted by molar-refractivity contribution is 0.380. The molecule has 1 N–H and O–H groups in total. The molecule has 0 aliphatic carbocycles. The minimum atomic E-state index is 0.276. The Morgan fingerprint density at radius 3 is 3.00 bits per heavy atom. The van der Waals surface area contributed by atoms with Gasteiger partial charge in [-0.3, -0.25) is 4.68 Å². The highest BCUT2D eigenvalue weighted by atomic mass is 35.5. The van der Waals surface area contributed by atoms with Crippen LogP contribution in [0.5, 0.6) is 6.01 Å². The van der Waals surface area contributed by atoms with Crippen molar-refractivity contribution in [2.45, 2.75) is 6.54 Å². The number of methoxy groups -OCH3 is 1. The SMILES string of the molecule is COc1ncc(Cl)c(NCc2ccn(C)n2)n1. The smallest absolute Gasteiger partial charge is 0.318 e. The molecule has 0 aliphatic rings. The van der Waals surface area contributed by atoms with E-state index in [4.69, 9.17) is 16.3 Å². The number of halogens is 1. The maximum atomic E-state index is 5.96. The maximum absolute atomic E-state index is 5.96. The van der Waals surface area contributed by atoms with Gasteiger partial charge in [0.15, 0.2) is 5.82 Å². The fourth-order valence-electron chi connectivity index (χ4n) is 1.31. The van der Waals surface area contributed by atoms with Gasteiger partial charge in [0, 0.05) is 13.2 Å². The first-order valence-electron chi connectivity index (χ1n) is 4.98. The molecule has 2 rings (SSSR count). The van der Waals surface area contributed by atoms with E-state index >= 15 is 0 Å². The highest BCUT2D eigenvalue weighted by molar-refractivity contribution is 6.32. The summed E-state index contributed by atoms with van der Waals surface area (Å²) >= 11 is 5.96. The summed E-state index contributed by atoms with van der Waals surface area (Å²) in [6, 6.07) is 2.19. The number of aromatic nitrogens is 4. The predicted molar refractivity (Wildman–Crippen MR) is 64.1 cm³/mol. The maximum Gasteiger partial charge on any atom is 0.318 e. The lowest BCUT2D eigenvalue weighted by atomic mass is 10.4. The van der Waals surface area contributed by atoms with Gasteiger partial charge in [-0.1, -0.05) is 11.6 Å². The monoisotopic (exact) mass is 253 g/mol. The molecular weight excluding hydrogens is 242 g/mol. The highest BCUT2D eigenvalue weighted by Gasteiger charge is 2.06. The van der Waals surface area contributed by atoms with Gasteiger partial charge in [0.1, 0.15) is 5.02 Å². The molecule has 0 spiro atoms. The molecule has 7 heteroatoms. The fraction of sp³-hybridized carbons (Fsp3) is 0.300. The Morgan fingerprint density at radius 1 is 1.53 bits per heavy atom. The number of rotatable bonds is 4. The van der Waals surface area contributed by atoms with Gasteiger partial charge < -0.3 is 10.1 Å². The van der Waals surface area contributed by atoms with Crippen molar-refractivity contribution in [2.75, 3.05) is 12.4 Å². The summed E-state index contributed by atoms with van der Waals surface area (Å²) in [6.45, 7) is 0.542. The van der Waals surface area contributed by atoms with Crippen LogP contribution < -0.4 is 10.1 Å². The van der Waals surface area contributed by atoms with Crippen LogP contribution in [0.3, 0.4) is 0 Å². The normalized spacial score (nSPS) is 10.3. The van der Waals surface area contributed by atoms with Crippen molar-refractivity contribution < 1.29 is 4.74 Å². The van der Waals surface area contributed by atoms with Crippen molar-refractivity contribution in [3.05, 3.63) is 29.2 Å². The fourth-order valence-corrected chi connectivity index (χ4v) is 1.46. The van der Waals surface area contributed by atoms with Crippen LogP contribution in [0.4, 0.5) is 5.82 Å². The molecule has 2 aromatic heterocycles. The molecule has 0 bridgehead atoms. The zero-order chi connectivity index (χ0) is 12.3. The minimum absolute atomic E-state index is 0.276. The zero-order valence-corrected chi connectivity index (χ0v) is 10.3. The quantitative estimate of drug-likeness (QED) is 0.894. The first kappa shape index (κ1) is 11.7. The van der Waals surface area contributed by atoms with Crippen LogP contribution in [-0.2, 0) is 13.6 Å². The third-order valence-electron chi connectivity index (χ3n) is 2.11. The summed E-state index contributed by atoms with van der Waals surface area (Å²) in [7, 11) is 3.37. The molecule has 90 valence electrons. The Labute approximate surface area is 104 Å². The minimum Gasteiger partial charge on any atom is -0.467 e. The second-order valence-electron chi connectivity index (χ2n) is 3.39. The van der Waals surface area contributed by atoms with E-state index in [0.717, 1.165) is 5.69 Å². The molecule has 0 saturated carbocycles. The van der Waals surface area contributed by atoms with E-state index in [1.54, 1.807) is 4.68 Å². The van der Waals surface area contributed by atoms with Gasteiger partial charge in [0.2, 0.25) is 0 Å². The third kappa shape index (κ3) is 2.85. The number of hydrogen-bond acceptors (Lipinski definition) is 5. The molecule has 0 aromatic carbocycles. The van der Waals surface area contributed by atoms with Crippen LogP contribution in [0.2, 0.25) is 5.02 Å². The Morgan fingerprint density at radius 2 is 2.35 bits per heavy atom. The Kier molecular flexibility index (Phi) is 3.43.